The first-order chi connectivity index (χ1) is 16.7. The Morgan fingerprint density at radius 2 is 1.97 bits per heavy atom. The van der Waals surface area contributed by atoms with Crippen LogP contribution in [-0.4, -0.2) is 47.2 Å². The van der Waals surface area contributed by atoms with Gasteiger partial charge >= 0.3 is 0 Å². The summed E-state index contributed by atoms with van der Waals surface area (Å²) < 4.78 is 5.35. The summed E-state index contributed by atoms with van der Waals surface area (Å²) in [5.41, 5.74) is 0.236. The number of aryl methyl sites for hydroxylation is 1. The minimum atomic E-state index is -1.38. The van der Waals surface area contributed by atoms with Crippen LogP contribution in [0, 0.1) is 28.9 Å². The van der Waals surface area contributed by atoms with Crippen molar-refractivity contribution < 1.29 is 24.0 Å². The van der Waals surface area contributed by atoms with Crippen LogP contribution in [0.5, 0.6) is 5.75 Å². The van der Waals surface area contributed by atoms with Crippen LogP contribution in [0.3, 0.4) is 0 Å². The van der Waals surface area contributed by atoms with Crippen molar-refractivity contribution in [1.29, 1.82) is 0 Å². The van der Waals surface area contributed by atoms with Crippen molar-refractivity contribution in [2.24, 2.45) is 11.8 Å². The van der Waals surface area contributed by atoms with Gasteiger partial charge in [0.15, 0.2) is 0 Å². The van der Waals surface area contributed by atoms with Gasteiger partial charge in [-0.3, -0.25) is 29.4 Å². The van der Waals surface area contributed by atoms with Gasteiger partial charge in [0, 0.05) is 23.7 Å². The van der Waals surface area contributed by atoms with Crippen molar-refractivity contribution in [2.75, 3.05) is 23.9 Å². The summed E-state index contributed by atoms with van der Waals surface area (Å²) in [7, 11) is 1.36. The maximum Gasteiger partial charge on any atom is 0.271 e. The second-order valence-electron chi connectivity index (χ2n) is 9.42. The zero-order chi connectivity index (χ0) is 24.8. The molecule has 10 nitrogen and oxygen atoms in total. The standard InChI is InChI=1S/C24H21ClN4O6/c1-11-8-13-20(14(25)9-11)26-23(32)24(13)19-18(15-4-3-7-27(15)24)21(30)28(22(19)31)16-10-12(29(33)34)5-6-17(16)35-2/h5-6,8-10,15,18-19H,3-4,7H2,1-2H3,(H,26,32)/t15-,18+,19+,24+/m0/s1. The molecular weight excluding hydrogens is 476 g/mol. The highest BCUT2D eigenvalue weighted by Crippen LogP contribution is 2.62. The fourth-order valence-corrected chi connectivity index (χ4v) is 6.92. The molecular formula is C24H21ClN4O6. The topological polar surface area (TPSA) is 122 Å². The largest absolute Gasteiger partial charge is 0.495 e. The molecule has 3 amide bonds. The Morgan fingerprint density at radius 1 is 1.20 bits per heavy atom. The van der Waals surface area contributed by atoms with Crippen molar-refractivity contribution in [1.82, 2.24) is 4.90 Å². The highest BCUT2D eigenvalue weighted by atomic mass is 35.5. The van der Waals surface area contributed by atoms with E-state index in [1.165, 1.54) is 25.3 Å². The molecule has 0 unspecified atom stereocenters. The monoisotopic (exact) mass is 496 g/mol. The van der Waals surface area contributed by atoms with E-state index in [9.17, 15) is 24.5 Å². The van der Waals surface area contributed by atoms with Gasteiger partial charge in [-0.25, -0.2) is 4.90 Å². The first-order valence-electron chi connectivity index (χ1n) is 11.3. The quantitative estimate of drug-likeness (QED) is 0.393. The zero-order valence-corrected chi connectivity index (χ0v) is 19.7. The van der Waals surface area contributed by atoms with Crippen LogP contribution in [0.1, 0.15) is 24.0 Å². The van der Waals surface area contributed by atoms with Gasteiger partial charge in [-0.1, -0.05) is 17.7 Å². The van der Waals surface area contributed by atoms with E-state index in [-0.39, 0.29) is 29.1 Å². The van der Waals surface area contributed by atoms with Crippen molar-refractivity contribution >= 4 is 46.4 Å². The van der Waals surface area contributed by atoms with Gasteiger partial charge in [0.1, 0.15) is 17.0 Å². The number of ether oxygens (including phenoxy) is 1. The molecule has 4 atom stereocenters. The molecule has 1 N–H and O–H groups in total. The first kappa shape index (κ1) is 22.0. The van der Waals surface area contributed by atoms with Gasteiger partial charge in [0.05, 0.1) is 34.6 Å². The Balaban J connectivity index is 1.57. The molecule has 2 aromatic carbocycles. The van der Waals surface area contributed by atoms with Crippen molar-refractivity contribution in [3.63, 3.8) is 0 Å². The van der Waals surface area contributed by atoms with Crippen LogP contribution in [0.15, 0.2) is 30.3 Å². The normalized spacial score (nSPS) is 28.9. The van der Waals surface area contributed by atoms with E-state index >= 15 is 0 Å². The molecule has 0 radical (unpaired) electrons. The summed E-state index contributed by atoms with van der Waals surface area (Å²) in [6.45, 7) is 2.43. The number of halogens is 1. The fraction of sp³-hybridized carbons (Fsp3) is 0.375. The minimum absolute atomic E-state index is 0.00620. The number of amides is 3. The summed E-state index contributed by atoms with van der Waals surface area (Å²) in [5.74, 6) is -3.05. The number of nitro benzene ring substituents is 1. The van der Waals surface area contributed by atoms with Gasteiger partial charge in [-0.15, -0.1) is 0 Å². The highest BCUT2D eigenvalue weighted by Gasteiger charge is 2.75. The molecule has 4 heterocycles. The van der Waals surface area contributed by atoms with E-state index in [2.05, 4.69) is 5.32 Å². The van der Waals surface area contributed by atoms with Gasteiger partial charge in [-0.2, -0.15) is 0 Å². The van der Waals surface area contributed by atoms with E-state index in [4.69, 9.17) is 16.3 Å². The number of hydrogen-bond acceptors (Lipinski definition) is 7. The lowest BCUT2D eigenvalue weighted by molar-refractivity contribution is -0.384. The van der Waals surface area contributed by atoms with Crippen LogP contribution in [0.4, 0.5) is 17.1 Å². The SMILES string of the molecule is COc1ccc([N+](=O)[O-])cc1N1C(=O)[C@@H]2[C@@H]3CCCN3[C@@]3(C(=O)Nc4c(Cl)cc(C)cc43)[C@H]2C1=O. The van der Waals surface area contributed by atoms with E-state index in [1.54, 1.807) is 6.07 Å². The molecule has 0 bridgehead atoms. The van der Waals surface area contributed by atoms with Gasteiger partial charge in [0.2, 0.25) is 11.8 Å². The van der Waals surface area contributed by atoms with E-state index < -0.39 is 34.1 Å². The number of methoxy groups -OCH3 is 1. The summed E-state index contributed by atoms with van der Waals surface area (Å²) in [4.78, 5) is 55.5. The highest BCUT2D eigenvalue weighted by molar-refractivity contribution is 6.35. The third kappa shape index (κ3) is 2.61. The van der Waals surface area contributed by atoms with E-state index in [0.717, 1.165) is 16.9 Å². The Kier molecular flexibility index (Phi) is 4.56. The van der Waals surface area contributed by atoms with E-state index in [1.807, 2.05) is 17.9 Å². The molecule has 3 fully saturated rings. The summed E-state index contributed by atoms with van der Waals surface area (Å²) in [6, 6.07) is 7.06. The zero-order valence-electron chi connectivity index (χ0n) is 18.9. The molecule has 4 aliphatic rings. The number of nitrogens with zero attached hydrogens (tertiary/aromatic N) is 3. The summed E-state index contributed by atoms with van der Waals surface area (Å²) in [6.07, 6.45) is 1.43. The average molecular weight is 497 g/mol. The number of fused-ring (bicyclic) bond motifs is 7. The Labute approximate surface area is 204 Å². The van der Waals surface area contributed by atoms with E-state index in [0.29, 0.717) is 29.2 Å². The number of hydrogen-bond donors (Lipinski definition) is 1. The maximum atomic E-state index is 14.1. The number of carbonyl (C=O) groups excluding carboxylic acids is 3. The first-order valence-corrected chi connectivity index (χ1v) is 11.7. The molecule has 4 aliphatic heterocycles. The smallest absolute Gasteiger partial charge is 0.271 e. The fourth-order valence-electron chi connectivity index (χ4n) is 6.60. The molecule has 35 heavy (non-hydrogen) atoms. The number of benzene rings is 2. The van der Waals surface area contributed by atoms with Crippen LogP contribution in [0.25, 0.3) is 0 Å². The maximum absolute atomic E-state index is 14.1. The third-order valence-electron chi connectivity index (χ3n) is 7.81. The second kappa shape index (κ2) is 7.25. The molecule has 11 heteroatoms. The van der Waals surface area contributed by atoms with Crippen molar-refractivity contribution in [3.05, 3.63) is 56.6 Å². The lowest BCUT2D eigenvalue weighted by atomic mass is 9.75. The molecule has 180 valence electrons. The number of nitro groups is 1. The van der Waals surface area contributed by atoms with Crippen molar-refractivity contribution in [2.45, 2.75) is 31.3 Å². The Bertz CT molecular complexity index is 1360. The summed E-state index contributed by atoms with van der Waals surface area (Å²) in [5, 5.41) is 14.7. The number of rotatable bonds is 3. The van der Waals surface area contributed by atoms with Crippen molar-refractivity contribution in [3.8, 4) is 5.75 Å². The second-order valence-corrected chi connectivity index (χ2v) is 9.83. The predicted octanol–water partition coefficient (Wildman–Crippen LogP) is 3.00. The van der Waals surface area contributed by atoms with Crippen LogP contribution < -0.4 is 15.0 Å². The molecule has 2 aromatic rings. The number of nitrogens with one attached hydrogen (secondary N) is 1. The Hall–Kier alpha value is -3.50. The average Bonchev–Trinajstić information content (AvgIpc) is 3.52. The molecule has 1 spiro atoms. The molecule has 3 saturated heterocycles. The third-order valence-corrected chi connectivity index (χ3v) is 8.11. The van der Waals surface area contributed by atoms with Crippen LogP contribution in [0.2, 0.25) is 5.02 Å². The lowest BCUT2D eigenvalue weighted by Gasteiger charge is -2.36. The number of imide groups is 1. The summed E-state index contributed by atoms with van der Waals surface area (Å²) >= 11 is 6.49. The molecule has 0 aliphatic carbocycles. The predicted molar refractivity (Wildman–Crippen MR) is 125 cm³/mol. The number of anilines is 2. The number of carbonyl (C=O) groups is 3. The minimum Gasteiger partial charge on any atom is -0.495 e. The molecule has 6 rings (SSSR count). The van der Waals surface area contributed by atoms with Gasteiger partial charge in [-0.05, 0) is 44.0 Å². The van der Waals surface area contributed by atoms with Gasteiger partial charge < -0.3 is 10.1 Å². The molecule has 0 saturated carbocycles. The van der Waals surface area contributed by atoms with Crippen LogP contribution >= 0.6 is 11.6 Å². The molecule has 0 aromatic heterocycles. The van der Waals surface area contributed by atoms with Crippen LogP contribution in [-0.2, 0) is 19.9 Å². The lowest BCUT2D eigenvalue weighted by Crippen LogP contribution is -2.54. The Morgan fingerprint density at radius 3 is 2.69 bits per heavy atom. The van der Waals surface area contributed by atoms with Gasteiger partial charge in [0.25, 0.3) is 11.6 Å². The number of non-ortho nitro benzene ring substituents is 1.